The highest BCUT2D eigenvalue weighted by molar-refractivity contribution is 5.30. The fourth-order valence-electron chi connectivity index (χ4n) is 1.15. The maximum absolute atomic E-state index is 5.38. The third kappa shape index (κ3) is 1.31. The number of rotatable bonds is 1. The zero-order valence-corrected chi connectivity index (χ0v) is 7.56. The van der Waals surface area contributed by atoms with Crippen LogP contribution in [0.15, 0.2) is 23.5 Å². The highest BCUT2D eigenvalue weighted by atomic mass is 16.5. The molecule has 11 heavy (non-hydrogen) atoms. The first kappa shape index (κ1) is 8.34. The van der Waals surface area contributed by atoms with Crippen molar-refractivity contribution in [2.45, 2.75) is 26.4 Å². The molecule has 2 nitrogen and oxygen atoms in total. The Morgan fingerprint density at radius 2 is 2.09 bits per heavy atom. The minimum absolute atomic E-state index is 0.213. The van der Waals surface area contributed by atoms with Crippen LogP contribution < -0.4 is 5.32 Å². The molecule has 0 aromatic rings. The minimum Gasteiger partial charge on any atom is -0.370 e. The Bertz CT molecular complexity index is 218. The predicted octanol–water partition coefficient (Wildman–Crippen LogP) is 1.80. The van der Waals surface area contributed by atoms with Gasteiger partial charge in [-0.1, -0.05) is 0 Å². The Morgan fingerprint density at radius 3 is 2.55 bits per heavy atom. The highest BCUT2D eigenvalue weighted by Crippen LogP contribution is 2.26. The van der Waals surface area contributed by atoms with Crippen LogP contribution in [0.3, 0.4) is 0 Å². The summed E-state index contributed by atoms with van der Waals surface area (Å²) in [4.78, 5) is 0. The zero-order valence-electron chi connectivity index (χ0n) is 7.56. The highest BCUT2D eigenvalue weighted by Gasteiger charge is 2.25. The van der Waals surface area contributed by atoms with Crippen molar-refractivity contribution >= 4 is 0 Å². The van der Waals surface area contributed by atoms with Crippen LogP contribution in [0, 0.1) is 0 Å². The summed E-state index contributed by atoms with van der Waals surface area (Å²) in [6, 6.07) is 0. The molecule has 0 aliphatic carbocycles. The summed E-state index contributed by atoms with van der Waals surface area (Å²) in [5, 5.41) is 3.14. The van der Waals surface area contributed by atoms with Gasteiger partial charge in [0.25, 0.3) is 0 Å². The second-order valence-electron chi connectivity index (χ2n) is 3.04. The van der Waals surface area contributed by atoms with Gasteiger partial charge in [-0.05, 0) is 38.6 Å². The van der Waals surface area contributed by atoms with Gasteiger partial charge in [-0.2, -0.15) is 0 Å². The average Bonchev–Trinajstić information content (AvgIpc) is 2.00. The topological polar surface area (TPSA) is 21.3 Å². The predicted molar refractivity (Wildman–Crippen MR) is 46.1 cm³/mol. The summed E-state index contributed by atoms with van der Waals surface area (Å²) in [6.07, 6.45) is 3.95. The van der Waals surface area contributed by atoms with E-state index in [1.807, 2.05) is 12.3 Å². The molecular formula is C9H15NO. The van der Waals surface area contributed by atoms with Gasteiger partial charge in [0.15, 0.2) is 0 Å². The van der Waals surface area contributed by atoms with Crippen molar-refractivity contribution < 1.29 is 4.74 Å². The van der Waals surface area contributed by atoms with E-state index in [4.69, 9.17) is 4.74 Å². The average molecular weight is 153 g/mol. The molecule has 0 aromatic carbocycles. The number of nitrogens with one attached hydrogen (secondary N) is 1. The van der Waals surface area contributed by atoms with Gasteiger partial charge in [0.2, 0.25) is 0 Å². The van der Waals surface area contributed by atoms with Crippen LogP contribution in [0.1, 0.15) is 20.8 Å². The number of allylic oxidation sites excluding steroid dienone is 1. The Hall–Kier alpha value is -0.760. The molecule has 0 saturated carbocycles. The van der Waals surface area contributed by atoms with Crippen LogP contribution in [0.25, 0.3) is 0 Å². The Morgan fingerprint density at radius 1 is 1.45 bits per heavy atom. The van der Waals surface area contributed by atoms with Gasteiger partial charge in [0.1, 0.15) is 5.60 Å². The molecule has 0 aromatic heterocycles. The normalized spacial score (nSPS) is 30.5. The molecule has 0 amide bonds. The first-order valence-corrected chi connectivity index (χ1v) is 3.77. The molecule has 1 aliphatic rings. The lowest BCUT2D eigenvalue weighted by molar-refractivity contribution is 0.0772. The van der Waals surface area contributed by atoms with Crippen LogP contribution in [0.2, 0.25) is 0 Å². The van der Waals surface area contributed by atoms with E-state index in [-0.39, 0.29) is 5.60 Å². The van der Waals surface area contributed by atoms with Gasteiger partial charge in [-0.15, -0.1) is 0 Å². The number of dihydropyridines is 1. The molecule has 1 atom stereocenters. The maximum atomic E-state index is 5.38. The molecule has 2 heteroatoms. The second kappa shape index (κ2) is 2.70. The first-order chi connectivity index (χ1) is 5.10. The summed E-state index contributed by atoms with van der Waals surface area (Å²) in [5.41, 5.74) is 2.20. The minimum atomic E-state index is -0.213. The molecule has 1 rings (SSSR count). The Balaban J connectivity index is 2.97. The third-order valence-electron chi connectivity index (χ3n) is 2.43. The second-order valence-corrected chi connectivity index (χ2v) is 3.04. The van der Waals surface area contributed by atoms with Gasteiger partial charge in [-0.25, -0.2) is 0 Å². The van der Waals surface area contributed by atoms with Crippen molar-refractivity contribution in [3.8, 4) is 0 Å². The van der Waals surface area contributed by atoms with E-state index < -0.39 is 0 Å². The molecule has 1 aliphatic heterocycles. The van der Waals surface area contributed by atoms with Crippen molar-refractivity contribution in [1.82, 2.24) is 5.32 Å². The van der Waals surface area contributed by atoms with E-state index in [0.29, 0.717) is 0 Å². The van der Waals surface area contributed by atoms with E-state index in [9.17, 15) is 0 Å². The van der Waals surface area contributed by atoms with E-state index >= 15 is 0 Å². The van der Waals surface area contributed by atoms with Gasteiger partial charge in [0.05, 0.1) is 0 Å². The summed E-state index contributed by atoms with van der Waals surface area (Å²) in [6.45, 7) is 6.19. The van der Waals surface area contributed by atoms with Crippen LogP contribution in [-0.2, 0) is 4.74 Å². The number of hydrogen-bond donors (Lipinski definition) is 1. The molecule has 1 N–H and O–H groups in total. The fraction of sp³-hybridized carbons (Fsp3) is 0.556. The molecule has 0 radical (unpaired) electrons. The Labute approximate surface area is 67.9 Å². The number of ether oxygens (including phenoxy) is 1. The zero-order chi connectivity index (χ0) is 8.48. The summed E-state index contributed by atoms with van der Waals surface area (Å²) in [7, 11) is 1.73. The Kier molecular flexibility index (Phi) is 2.05. The smallest absolute Gasteiger partial charge is 0.107 e. The number of methoxy groups -OCH3 is 1. The lowest BCUT2D eigenvalue weighted by Crippen LogP contribution is -2.32. The van der Waals surface area contributed by atoms with Crippen LogP contribution >= 0.6 is 0 Å². The van der Waals surface area contributed by atoms with Crippen molar-refractivity contribution in [2.75, 3.05) is 7.11 Å². The van der Waals surface area contributed by atoms with E-state index in [1.165, 1.54) is 11.3 Å². The molecular weight excluding hydrogens is 138 g/mol. The number of hydrogen-bond acceptors (Lipinski definition) is 2. The van der Waals surface area contributed by atoms with Gasteiger partial charge < -0.3 is 10.1 Å². The SMILES string of the molecule is COC1(C)C=CNC(C)=C1C. The molecule has 0 bridgehead atoms. The maximum Gasteiger partial charge on any atom is 0.107 e. The molecule has 1 heterocycles. The van der Waals surface area contributed by atoms with Crippen LogP contribution in [-0.4, -0.2) is 12.7 Å². The lowest BCUT2D eigenvalue weighted by Gasteiger charge is -2.30. The third-order valence-corrected chi connectivity index (χ3v) is 2.43. The molecule has 1 unspecified atom stereocenters. The van der Waals surface area contributed by atoms with E-state index in [1.54, 1.807) is 7.11 Å². The summed E-state index contributed by atoms with van der Waals surface area (Å²) < 4.78 is 5.38. The van der Waals surface area contributed by atoms with Crippen molar-refractivity contribution in [2.24, 2.45) is 0 Å². The first-order valence-electron chi connectivity index (χ1n) is 3.77. The van der Waals surface area contributed by atoms with Gasteiger partial charge in [0, 0.05) is 12.8 Å². The standard InChI is InChI=1S/C9H15NO/c1-7-8(2)10-6-5-9(7,3)11-4/h5-6,10H,1-4H3. The summed E-state index contributed by atoms with van der Waals surface area (Å²) >= 11 is 0. The monoisotopic (exact) mass is 153 g/mol. The van der Waals surface area contributed by atoms with Crippen molar-refractivity contribution in [3.63, 3.8) is 0 Å². The van der Waals surface area contributed by atoms with Gasteiger partial charge >= 0.3 is 0 Å². The largest absolute Gasteiger partial charge is 0.370 e. The van der Waals surface area contributed by atoms with Gasteiger partial charge in [-0.3, -0.25) is 0 Å². The van der Waals surface area contributed by atoms with E-state index in [0.717, 1.165) is 0 Å². The van der Waals surface area contributed by atoms with Crippen molar-refractivity contribution in [3.05, 3.63) is 23.5 Å². The lowest BCUT2D eigenvalue weighted by atomic mass is 9.93. The molecule has 0 fully saturated rings. The molecule has 0 saturated heterocycles. The van der Waals surface area contributed by atoms with Crippen LogP contribution in [0.4, 0.5) is 0 Å². The molecule has 0 spiro atoms. The van der Waals surface area contributed by atoms with Crippen molar-refractivity contribution in [1.29, 1.82) is 0 Å². The summed E-state index contributed by atoms with van der Waals surface area (Å²) in [5.74, 6) is 0. The molecule has 62 valence electrons. The van der Waals surface area contributed by atoms with Crippen LogP contribution in [0.5, 0.6) is 0 Å². The van der Waals surface area contributed by atoms with E-state index in [2.05, 4.69) is 26.1 Å². The fourth-order valence-corrected chi connectivity index (χ4v) is 1.15. The quantitative estimate of drug-likeness (QED) is 0.620.